The smallest absolute Gasteiger partial charge is 0.415 e. The molecule has 2 aliphatic carbocycles. The highest BCUT2D eigenvalue weighted by Gasteiger charge is 2.40. The van der Waals surface area contributed by atoms with Crippen LogP contribution in [0, 0.1) is 17.7 Å². The lowest BCUT2D eigenvalue weighted by molar-refractivity contribution is -0.126. The lowest BCUT2D eigenvalue weighted by Gasteiger charge is -2.21. The maximum atomic E-state index is 13.8. The van der Waals surface area contributed by atoms with Crippen molar-refractivity contribution in [2.75, 3.05) is 27.7 Å². The second-order valence-corrected chi connectivity index (χ2v) is 8.68. The van der Waals surface area contributed by atoms with Gasteiger partial charge in [0.05, 0.1) is 13.7 Å². The molecule has 2 saturated carbocycles. The number of benzene rings is 1. The van der Waals surface area contributed by atoms with E-state index in [1.165, 1.54) is 31.2 Å². The van der Waals surface area contributed by atoms with Crippen molar-refractivity contribution in [3.63, 3.8) is 0 Å². The third kappa shape index (κ3) is 5.59. The summed E-state index contributed by atoms with van der Waals surface area (Å²) in [6, 6.07) is 4.14. The van der Waals surface area contributed by atoms with E-state index in [-0.39, 0.29) is 36.0 Å². The normalized spacial score (nSPS) is 18.5. The molecule has 0 bridgehead atoms. The number of hydrogen-bond donors (Lipinski definition) is 2. The summed E-state index contributed by atoms with van der Waals surface area (Å²) in [6.07, 6.45) is 3.10. The van der Waals surface area contributed by atoms with Crippen molar-refractivity contribution in [1.82, 2.24) is 25.3 Å². The minimum absolute atomic E-state index is 0.0257. The maximum absolute atomic E-state index is 13.8. The second kappa shape index (κ2) is 10.1. The molecule has 0 spiro atoms. The Kier molecular flexibility index (Phi) is 7.00. The summed E-state index contributed by atoms with van der Waals surface area (Å²) in [5.41, 5.74) is 0.312. The summed E-state index contributed by atoms with van der Waals surface area (Å²) in [6.45, 7) is 0.0257. The Morgan fingerprint density at radius 2 is 1.89 bits per heavy atom. The van der Waals surface area contributed by atoms with E-state index < -0.39 is 18.1 Å². The Balaban J connectivity index is 1.37. The van der Waals surface area contributed by atoms with Crippen molar-refractivity contribution >= 4 is 18.4 Å². The van der Waals surface area contributed by atoms with Crippen molar-refractivity contribution < 1.29 is 28.2 Å². The number of rotatable bonds is 8. The molecule has 0 saturated heterocycles. The number of hydrogen-bond acceptors (Lipinski definition) is 7. The third-order valence-electron chi connectivity index (χ3n) is 5.95. The van der Waals surface area contributed by atoms with E-state index in [0.717, 1.165) is 38.2 Å². The highest BCUT2D eigenvalue weighted by molar-refractivity contribution is 5.94. The molecule has 3 amide bonds. The van der Waals surface area contributed by atoms with Crippen LogP contribution in [0.2, 0.25) is 0 Å². The first kappa shape index (κ1) is 24.2. The van der Waals surface area contributed by atoms with Crippen molar-refractivity contribution in [2.24, 2.45) is 0 Å². The van der Waals surface area contributed by atoms with Gasteiger partial charge in [0.2, 0.25) is 6.41 Å². The molecule has 186 valence electrons. The second-order valence-electron chi connectivity index (χ2n) is 8.68. The van der Waals surface area contributed by atoms with E-state index in [1.54, 1.807) is 16.8 Å². The van der Waals surface area contributed by atoms with Crippen molar-refractivity contribution in [1.29, 1.82) is 0 Å². The van der Waals surface area contributed by atoms with Crippen LogP contribution < -0.4 is 20.1 Å². The minimum Gasteiger partial charge on any atom is -0.494 e. The van der Waals surface area contributed by atoms with E-state index in [0.29, 0.717) is 11.5 Å². The Morgan fingerprint density at radius 1 is 1.17 bits per heavy atom. The topological polar surface area (TPSA) is 103 Å². The van der Waals surface area contributed by atoms with E-state index in [1.807, 2.05) is 0 Å². The molecule has 1 heterocycles. The Labute approximate surface area is 203 Å². The SMILES string of the molecule is COc1ccc(OC(=O)N(C)CC#CC2NC(C(=O)N(C)C3CC3)=C(N(C=O)C3CC3)N2)cc1F. The fourth-order valence-corrected chi connectivity index (χ4v) is 3.59. The van der Waals surface area contributed by atoms with Crippen LogP contribution in [0.4, 0.5) is 9.18 Å². The first-order valence-corrected chi connectivity index (χ1v) is 11.4. The quantitative estimate of drug-likeness (QED) is 0.421. The fraction of sp³-hybridized carbons (Fsp3) is 0.458. The van der Waals surface area contributed by atoms with Crippen LogP contribution >= 0.6 is 0 Å². The monoisotopic (exact) mass is 485 g/mol. The molecule has 3 aliphatic rings. The van der Waals surface area contributed by atoms with Gasteiger partial charge >= 0.3 is 6.09 Å². The number of nitrogens with zero attached hydrogens (tertiary/aromatic N) is 3. The van der Waals surface area contributed by atoms with Gasteiger partial charge in [0.15, 0.2) is 17.7 Å². The molecule has 0 aromatic heterocycles. The molecule has 35 heavy (non-hydrogen) atoms. The zero-order chi connectivity index (χ0) is 25.1. The van der Waals surface area contributed by atoms with E-state index in [9.17, 15) is 18.8 Å². The highest BCUT2D eigenvalue weighted by atomic mass is 19.1. The average molecular weight is 486 g/mol. The number of halogens is 1. The van der Waals surface area contributed by atoms with Crippen molar-refractivity contribution in [3.05, 3.63) is 35.5 Å². The summed E-state index contributed by atoms with van der Waals surface area (Å²) in [4.78, 5) is 41.5. The molecule has 2 N–H and O–H groups in total. The highest BCUT2D eigenvalue weighted by Crippen LogP contribution is 2.32. The molecular formula is C24H28FN5O5. The molecule has 0 radical (unpaired) electrons. The molecule has 1 unspecified atom stereocenters. The van der Waals surface area contributed by atoms with Crippen LogP contribution in [0.3, 0.4) is 0 Å². The van der Waals surface area contributed by atoms with Gasteiger partial charge in [-0.1, -0.05) is 11.8 Å². The van der Waals surface area contributed by atoms with Gasteiger partial charge in [-0.3, -0.25) is 19.4 Å². The fourth-order valence-electron chi connectivity index (χ4n) is 3.59. The van der Waals surface area contributed by atoms with Crippen molar-refractivity contribution in [2.45, 2.75) is 43.9 Å². The largest absolute Gasteiger partial charge is 0.494 e. The predicted octanol–water partition coefficient (Wildman–Crippen LogP) is 1.20. The first-order valence-electron chi connectivity index (χ1n) is 11.4. The number of carbonyl (C=O) groups excluding carboxylic acids is 3. The molecule has 1 aromatic rings. The van der Waals surface area contributed by atoms with Gasteiger partial charge in [-0.15, -0.1) is 0 Å². The Bertz CT molecular complexity index is 1110. The molecule has 10 nitrogen and oxygen atoms in total. The number of likely N-dealkylation sites (N-methyl/N-ethyl adjacent to an activating group) is 1. The molecule has 1 aromatic carbocycles. The van der Waals surface area contributed by atoms with E-state index >= 15 is 0 Å². The van der Waals surface area contributed by atoms with Crippen LogP contribution in [0.5, 0.6) is 11.5 Å². The summed E-state index contributed by atoms with van der Waals surface area (Å²) >= 11 is 0. The van der Waals surface area contributed by atoms with Crippen LogP contribution in [0.15, 0.2) is 29.7 Å². The van der Waals surface area contributed by atoms with Gasteiger partial charge in [-0.25, -0.2) is 9.18 Å². The zero-order valence-corrected chi connectivity index (χ0v) is 19.8. The van der Waals surface area contributed by atoms with Crippen LogP contribution in [-0.4, -0.2) is 79.1 Å². The predicted molar refractivity (Wildman–Crippen MR) is 123 cm³/mol. The number of ether oxygens (including phenoxy) is 2. The number of carbonyl (C=O) groups is 3. The first-order chi connectivity index (χ1) is 16.8. The van der Waals surface area contributed by atoms with Gasteiger partial charge < -0.3 is 25.0 Å². The number of amides is 3. The van der Waals surface area contributed by atoms with Gasteiger partial charge in [0, 0.05) is 32.2 Å². The summed E-state index contributed by atoms with van der Waals surface area (Å²) in [5, 5.41) is 6.20. The van der Waals surface area contributed by atoms with Crippen molar-refractivity contribution in [3.8, 4) is 23.3 Å². The zero-order valence-electron chi connectivity index (χ0n) is 19.8. The molecule has 2 fully saturated rings. The van der Waals surface area contributed by atoms with Crippen LogP contribution in [0.25, 0.3) is 0 Å². The van der Waals surface area contributed by atoms with Crippen LogP contribution in [-0.2, 0) is 9.59 Å². The minimum atomic E-state index is -0.710. The molecule has 11 heteroatoms. The standard InChI is InChI=1S/C24H28FN5O5/c1-28(24(33)35-17-10-11-19(34-3)18(25)13-17)12-4-5-20-26-21(23(32)29(2)15-6-7-15)22(27-20)30(14-31)16-8-9-16/h10-11,13-16,20,26-27H,6-9,12H2,1-3H3. The average Bonchev–Trinajstić information content (AvgIpc) is 3.77. The lowest BCUT2D eigenvalue weighted by Crippen LogP contribution is -2.37. The number of nitrogens with one attached hydrogen (secondary N) is 2. The molecule has 1 atom stereocenters. The van der Waals surface area contributed by atoms with E-state index in [2.05, 4.69) is 22.5 Å². The third-order valence-corrected chi connectivity index (χ3v) is 5.95. The summed E-state index contributed by atoms with van der Waals surface area (Å²) in [7, 11) is 4.59. The van der Waals surface area contributed by atoms with Crippen LogP contribution in [0.1, 0.15) is 25.7 Å². The van der Waals surface area contributed by atoms with Gasteiger partial charge in [0.1, 0.15) is 17.3 Å². The summed E-state index contributed by atoms with van der Waals surface area (Å²) in [5.74, 6) is 5.48. The molecule has 4 rings (SSSR count). The van der Waals surface area contributed by atoms with Gasteiger partial charge in [-0.05, 0) is 37.8 Å². The van der Waals surface area contributed by atoms with Gasteiger partial charge in [-0.2, -0.15) is 0 Å². The lowest BCUT2D eigenvalue weighted by atomic mass is 10.3. The van der Waals surface area contributed by atoms with E-state index in [4.69, 9.17) is 9.47 Å². The number of methoxy groups -OCH3 is 1. The molecule has 1 aliphatic heterocycles. The Morgan fingerprint density at radius 3 is 2.49 bits per heavy atom. The van der Waals surface area contributed by atoms with Gasteiger partial charge in [0.25, 0.3) is 5.91 Å². The molecular weight excluding hydrogens is 457 g/mol. The maximum Gasteiger partial charge on any atom is 0.415 e. The Hall–Kier alpha value is -3.94. The summed E-state index contributed by atoms with van der Waals surface area (Å²) < 4.78 is 23.8.